The molecular weight excluding hydrogens is 328 g/mol. The van der Waals surface area contributed by atoms with Crippen LogP contribution in [0.3, 0.4) is 0 Å². The number of hydrogen-bond donors (Lipinski definition) is 1. The van der Waals surface area contributed by atoms with Gasteiger partial charge < -0.3 is 10.1 Å². The average Bonchev–Trinajstić information content (AvgIpc) is 2.36. The van der Waals surface area contributed by atoms with E-state index in [-0.39, 0.29) is 18.4 Å². The highest BCUT2D eigenvalue weighted by Crippen LogP contribution is 2.43. The van der Waals surface area contributed by atoms with Gasteiger partial charge in [-0.05, 0) is 19.1 Å². The number of hydrogen-bond acceptors (Lipinski definition) is 3. The molecule has 0 aliphatic heterocycles. The summed E-state index contributed by atoms with van der Waals surface area (Å²) < 4.78 is 81.5. The van der Waals surface area contributed by atoms with E-state index in [4.69, 9.17) is 0 Å². The Balaban J connectivity index is 3.28. The molecule has 0 aliphatic rings. The second-order valence-corrected chi connectivity index (χ2v) is 4.36. The molecule has 9 heteroatoms. The molecule has 1 aromatic carbocycles. The molecule has 3 nitrogen and oxygen atoms in total. The van der Waals surface area contributed by atoms with Crippen molar-refractivity contribution in [2.45, 2.75) is 19.3 Å². The van der Waals surface area contributed by atoms with E-state index in [0.717, 1.165) is 0 Å². The van der Waals surface area contributed by atoms with Crippen LogP contribution in [0.5, 0.6) is 0 Å². The minimum atomic E-state index is -5.63. The largest absolute Gasteiger partial charge is 0.463 e. The lowest BCUT2D eigenvalue weighted by Gasteiger charge is -2.26. The first kappa shape index (κ1) is 18.9. The molecule has 0 saturated heterocycles. The highest BCUT2D eigenvalue weighted by molar-refractivity contribution is 5.83. The van der Waals surface area contributed by atoms with Gasteiger partial charge in [-0.25, -0.2) is 4.79 Å². The van der Waals surface area contributed by atoms with Crippen molar-refractivity contribution in [2.75, 3.05) is 11.9 Å². The highest BCUT2D eigenvalue weighted by atomic mass is 19.4. The number of halogens is 6. The van der Waals surface area contributed by atoms with Gasteiger partial charge in [0.2, 0.25) is 0 Å². The Morgan fingerprint density at radius 1 is 1.13 bits per heavy atom. The molecule has 0 aliphatic carbocycles. The number of carbonyl (C=O) groups is 1. The molecule has 128 valence electrons. The van der Waals surface area contributed by atoms with Crippen LogP contribution in [0.25, 0.3) is 0 Å². The van der Waals surface area contributed by atoms with Crippen LogP contribution in [0.15, 0.2) is 42.1 Å². The zero-order chi connectivity index (χ0) is 17.7. The first-order chi connectivity index (χ1) is 10.6. The molecule has 0 unspecified atom stereocenters. The fourth-order valence-corrected chi connectivity index (χ4v) is 1.73. The van der Waals surface area contributed by atoms with Gasteiger partial charge in [-0.1, -0.05) is 18.2 Å². The Hall–Kier alpha value is -2.19. The number of benzene rings is 1. The molecule has 0 aromatic heterocycles. The van der Waals surface area contributed by atoms with Gasteiger partial charge in [0, 0.05) is 17.5 Å². The summed E-state index contributed by atoms with van der Waals surface area (Å²) in [7, 11) is 0. The summed E-state index contributed by atoms with van der Waals surface area (Å²) in [4.78, 5) is 11.3. The summed E-state index contributed by atoms with van der Waals surface area (Å²) in [6.07, 6.45) is -11.1. The molecule has 1 rings (SSSR count). The zero-order valence-corrected chi connectivity index (χ0v) is 11.8. The molecule has 0 amide bonds. The van der Waals surface area contributed by atoms with Crippen LogP contribution in [0.1, 0.15) is 6.92 Å². The van der Waals surface area contributed by atoms with E-state index in [2.05, 4.69) is 4.74 Å². The van der Waals surface area contributed by atoms with E-state index in [1.165, 1.54) is 37.3 Å². The van der Waals surface area contributed by atoms with Crippen molar-refractivity contribution >= 4 is 11.7 Å². The lowest BCUT2D eigenvalue weighted by Crippen LogP contribution is -2.40. The number of carbonyl (C=O) groups excluding carboxylic acids is 1. The van der Waals surface area contributed by atoms with Crippen LogP contribution in [0, 0.1) is 5.92 Å². The number of esters is 1. The van der Waals surface area contributed by atoms with Crippen LogP contribution in [0.2, 0.25) is 0 Å². The fourth-order valence-electron chi connectivity index (χ4n) is 1.73. The zero-order valence-electron chi connectivity index (χ0n) is 11.8. The highest BCUT2D eigenvalue weighted by Gasteiger charge is 2.58. The van der Waals surface area contributed by atoms with Gasteiger partial charge in [0.25, 0.3) is 0 Å². The number of para-hydroxylation sites is 1. The van der Waals surface area contributed by atoms with Crippen LogP contribution >= 0.6 is 0 Å². The Bertz CT molecular complexity index is 537. The van der Waals surface area contributed by atoms with E-state index in [0.29, 0.717) is 0 Å². The van der Waals surface area contributed by atoms with E-state index in [1.54, 1.807) is 0 Å². The molecule has 1 N–H and O–H groups in total. The minimum absolute atomic E-state index is 0.0263. The molecular formula is C14H13F6NO2. The van der Waals surface area contributed by atoms with Crippen LogP contribution < -0.4 is 5.32 Å². The van der Waals surface area contributed by atoms with Crippen molar-refractivity contribution in [1.82, 2.24) is 0 Å². The Morgan fingerprint density at radius 3 is 2.09 bits per heavy atom. The smallest absolute Gasteiger partial charge is 0.405 e. The number of nitrogens with one attached hydrogen (secondary N) is 1. The van der Waals surface area contributed by atoms with Crippen molar-refractivity contribution in [1.29, 1.82) is 0 Å². The quantitative estimate of drug-likeness (QED) is 0.493. The summed E-state index contributed by atoms with van der Waals surface area (Å²) in [5, 5.41) is 2.00. The second-order valence-electron chi connectivity index (χ2n) is 4.36. The normalized spacial score (nSPS) is 13.1. The Kier molecular flexibility index (Phi) is 6.05. The van der Waals surface area contributed by atoms with Gasteiger partial charge >= 0.3 is 18.3 Å². The first-order valence-corrected chi connectivity index (χ1v) is 6.39. The third-order valence-corrected chi connectivity index (χ3v) is 2.59. The molecule has 0 spiro atoms. The molecule has 0 heterocycles. The van der Waals surface area contributed by atoms with Crippen molar-refractivity contribution in [2.24, 2.45) is 5.92 Å². The number of allylic oxidation sites excluding steroid dienone is 1. The average molecular weight is 341 g/mol. The third-order valence-electron chi connectivity index (χ3n) is 2.59. The number of alkyl halides is 6. The summed E-state index contributed by atoms with van der Waals surface area (Å²) in [5.41, 5.74) is -1.38. The van der Waals surface area contributed by atoms with Crippen LogP contribution in [0.4, 0.5) is 32.0 Å². The van der Waals surface area contributed by atoms with Gasteiger partial charge in [0.15, 0.2) is 5.92 Å². The molecule has 0 radical (unpaired) electrons. The Morgan fingerprint density at radius 2 is 1.65 bits per heavy atom. The Labute approximate surface area is 127 Å². The van der Waals surface area contributed by atoms with Gasteiger partial charge in [-0.2, -0.15) is 26.3 Å². The topological polar surface area (TPSA) is 38.3 Å². The van der Waals surface area contributed by atoms with E-state index >= 15 is 0 Å². The maximum atomic E-state index is 12.9. The van der Waals surface area contributed by atoms with Gasteiger partial charge in [0.05, 0.1) is 6.61 Å². The molecule has 0 atom stereocenters. The molecule has 0 bridgehead atoms. The van der Waals surface area contributed by atoms with Crippen molar-refractivity contribution in [3.63, 3.8) is 0 Å². The summed E-state index contributed by atoms with van der Waals surface area (Å²) in [5.74, 6) is -5.14. The second kappa shape index (κ2) is 7.38. The predicted molar refractivity (Wildman–Crippen MR) is 70.4 cm³/mol. The monoisotopic (exact) mass is 341 g/mol. The standard InChI is InChI=1S/C14H13F6NO2/c1-2-23-11(22)8-10(21-9-6-4-3-5-7-9)12(13(15,16)17)14(18,19)20/h3-8,12,21H,2H2,1H3/b10-8-. The summed E-state index contributed by atoms with van der Waals surface area (Å²) in [6.45, 7) is 1.19. The van der Waals surface area contributed by atoms with Crippen molar-refractivity contribution in [3.8, 4) is 0 Å². The number of rotatable bonds is 5. The molecule has 0 saturated carbocycles. The van der Waals surface area contributed by atoms with Crippen molar-refractivity contribution in [3.05, 3.63) is 42.1 Å². The lowest BCUT2D eigenvalue weighted by atomic mass is 10.0. The van der Waals surface area contributed by atoms with Crippen LogP contribution in [-0.4, -0.2) is 24.9 Å². The lowest BCUT2D eigenvalue weighted by molar-refractivity contribution is -0.270. The van der Waals surface area contributed by atoms with Gasteiger partial charge in [-0.3, -0.25) is 0 Å². The van der Waals surface area contributed by atoms with Gasteiger partial charge in [-0.15, -0.1) is 0 Å². The number of ether oxygens (including phenoxy) is 1. The maximum Gasteiger partial charge on any atom is 0.405 e. The van der Waals surface area contributed by atoms with Crippen molar-refractivity contribution < 1.29 is 35.9 Å². The SMILES string of the molecule is CCOC(=O)/C=C(\Nc1ccccc1)C(C(F)(F)F)C(F)(F)F. The molecule has 23 heavy (non-hydrogen) atoms. The maximum absolute atomic E-state index is 12.9. The van der Waals surface area contributed by atoms with Crippen LogP contribution in [-0.2, 0) is 9.53 Å². The van der Waals surface area contributed by atoms with E-state index < -0.39 is 29.9 Å². The predicted octanol–water partition coefficient (Wildman–Crippen LogP) is 4.29. The first-order valence-electron chi connectivity index (χ1n) is 6.39. The van der Waals surface area contributed by atoms with Gasteiger partial charge in [0.1, 0.15) is 0 Å². The summed E-state index contributed by atoms with van der Waals surface area (Å²) >= 11 is 0. The third kappa shape index (κ3) is 5.84. The molecule has 1 aromatic rings. The molecule has 0 fully saturated rings. The summed E-state index contributed by atoms with van der Waals surface area (Å²) in [6, 6.07) is 6.90. The fraction of sp³-hybridized carbons (Fsp3) is 0.357. The minimum Gasteiger partial charge on any atom is -0.463 e. The van der Waals surface area contributed by atoms with E-state index in [1.807, 2.05) is 5.32 Å². The number of anilines is 1. The van der Waals surface area contributed by atoms with E-state index in [9.17, 15) is 31.1 Å².